The molecule has 4 heteroatoms. The van der Waals surface area contributed by atoms with Gasteiger partial charge in [0.15, 0.2) is 0 Å². The van der Waals surface area contributed by atoms with Crippen LogP contribution in [0.4, 0.5) is 15.8 Å². The fourth-order valence-corrected chi connectivity index (χ4v) is 2.41. The van der Waals surface area contributed by atoms with Crippen LogP contribution in [0.3, 0.4) is 0 Å². The number of carbonyl (C=O) groups excluding carboxylic acids is 1. The first-order valence-corrected chi connectivity index (χ1v) is 8.02. The second-order valence-electron chi connectivity index (χ2n) is 5.52. The van der Waals surface area contributed by atoms with Gasteiger partial charge in [-0.3, -0.25) is 4.79 Å². The second-order valence-corrected chi connectivity index (χ2v) is 5.52. The smallest absolute Gasteiger partial charge is 0.227 e. The van der Waals surface area contributed by atoms with Gasteiger partial charge in [-0.15, -0.1) is 0 Å². The Balaban J connectivity index is 1.92. The minimum Gasteiger partial charge on any atom is -0.381 e. The summed E-state index contributed by atoms with van der Waals surface area (Å²) in [5.41, 5.74) is 2.28. The number of hydrogen-bond donors (Lipinski definition) is 2. The van der Waals surface area contributed by atoms with Crippen LogP contribution in [0.2, 0.25) is 0 Å². The number of benzene rings is 2. The average Bonchev–Trinajstić information content (AvgIpc) is 2.56. The second kappa shape index (κ2) is 8.32. The first-order chi connectivity index (χ1) is 11.1. The largest absolute Gasteiger partial charge is 0.381 e. The first kappa shape index (κ1) is 17.0. The summed E-state index contributed by atoms with van der Waals surface area (Å²) in [5.74, 6) is -0.107. The summed E-state index contributed by atoms with van der Waals surface area (Å²) < 4.78 is 13.6. The number of anilines is 2. The molecule has 0 aliphatic heterocycles. The molecule has 3 nitrogen and oxygen atoms in total. The molecule has 2 N–H and O–H groups in total. The predicted octanol–water partition coefficient (Wildman–Crippen LogP) is 4.81. The lowest BCUT2D eigenvalue weighted by Gasteiger charge is -2.13. The summed E-state index contributed by atoms with van der Waals surface area (Å²) in [6.45, 7) is 4.46. The molecular weight excluding hydrogens is 291 g/mol. The minimum absolute atomic E-state index is 0.0499. The van der Waals surface area contributed by atoms with E-state index in [1.54, 1.807) is 12.1 Å². The third-order valence-corrected chi connectivity index (χ3v) is 3.95. The summed E-state index contributed by atoms with van der Waals surface area (Å²) >= 11 is 0. The topological polar surface area (TPSA) is 41.1 Å². The van der Waals surface area contributed by atoms with Crippen LogP contribution in [-0.4, -0.2) is 5.91 Å². The molecule has 23 heavy (non-hydrogen) atoms. The van der Waals surface area contributed by atoms with Crippen molar-refractivity contribution < 1.29 is 9.18 Å². The van der Waals surface area contributed by atoms with Gasteiger partial charge in [-0.25, -0.2) is 4.39 Å². The Kier molecular flexibility index (Phi) is 6.15. The van der Waals surface area contributed by atoms with Gasteiger partial charge in [-0.05, 0) is 43.2 Å². The number of hydrogen-bond acceptors (Lipinski definition) is 2. The Morgan fingerprint density at radius 3 is 2.22 bits per heavy atom. The van der Waals surface area contributed by atoms with E-state index in [-0.39, 0.29) is 17.6 Å². The standard InChI is InChI=1S/C19H23FN2O/c1-3-14(4-2)19(23)22-17-11-9-16(10-12-17)21-13-15-7-5-6-8-18(15)20/h5-12,14,21H,3-4,13H2,1-2H3,(H,22,23). The van der Waals surface area contributed by atoms with Crippen molar-refractivity contribution in [2.45, 2.75) is 33.2 Å². The van der Waals surface area contributed by atoms with Gasteiger partial charge in [0.2, 0.25) is 5.91 Å². The number of amides is 1. The molecule has 1 amide bonds. The molecule has 0 aromatic heterocycles. The molecule has 0 atom stereocenters. The van der Waals surface area contributed by atoms with Crippen LogP contribution in [0.5, 0.6) is 0 Å². The zero-order valence-electron chi connectivity index (χ0n) is 13.6. The van der Waals surface area contributed by atoms with Gasteiger partial charge < -0.3 is 10.6 Å². The molecule has 2 aromatic carbocycles. The Hall–Kier alpha value is -2.36. The highest BCUT2D eigenvalue weighted by molar-refractivity contribution is 5.92. The molecule has 0 aliphatic rings. The highest BCUT2D eigenvalue weighted by Crippen LogP contribution is 2.17. The first-order valence-electron chi connectivity index (χ1n) is 8.02. The van der Waals surface area contributed by atoms with E-state index < -0.39 is 0 Å². The van der Waals surface area contributed by atoms with Crippen molar-refractivity contribution in [1.82, 2.24) is 0 Å². The average molecular weight is 314 g/mol. The zero-order chi connectivity index (χ0) is 16.7. The van der Waals surface area contributed by atoms with Crippen LogP contribution in [0.15, 0.2) is 48.5 Å². The zero-order valence-corrected chi connectivity index (χ0v) is 13.6. The van der Waals surface area contributed by atoms with Crippen molar-refractivity contribution in [3.05, 3.63) is 59.9 Å². The summed E-state index contributed by atoms with van der Waals surface area (Å²) in [4.78, 5) is 12.0. The van der Waals surface area contributed by atoms with Crippen LogP contribution in [0.1, 0.15) is 32.3 Å². The number of carbonyl (C=O) groups is 1. The maximum atomic E-state index is 13.6. The summed E-state index contributed by atoms with van der Waals surface area (Å²) in [7, 11) is 0. The molecule has 0 aliphatic carbocycles. The lowest BCUT2D eigenvalue weighted by molar-refractivity contribution is -0.120. The number of nitrogens with one attached hydrogen (secondary N) is 2. The van der Waals surface area contributed by atoms with Crippen LogP contribution < -0.4 is 10.6 Å². The molecular formula is C19H23FN2O. The maximum Gasteiger partial charge on any atom is 0.227 e. The van der Waals surface area contributed by atoms with Crippen LogP contribution >= 0.6 is 0 Å². The van der Waals surface area contributed by atoms with Crippen LogP contribution in [0, 0.1) is 11.7 Å². The molecule has 0 radical (unpaired) electrons. The van der Waals surface area contributed by atoms with Crippen molar-refractivity contribution in [1.29, 1.82) is 0 Å². The Morgan fingerprint density at radius 1 is 1.00 bits per heavy atom. The SMILES string of the molecule is CCC(CC)C(=O)Nc1ccc(NCc2ccccc2F)cc1. The Morgan fingerprint density at radius 2 is 1.61 bits per heavy atom. The lowest BCUT2D eigenvalue weighted by atomic mass is 10.0. The normalized spacial score (nSPS) is 10.6. The van der Waals surface area contributed by atoms with Crippen molar-refractivity contribution in [3.63, 3.8) is 0 Å². The molecule has 0 unspecified atom stereocenters. The van der Waals surface area contributed by atoms with Gasteiger partial charge in [-0.2, -0.15) is 0 Å². The van der Waals surface area contributed by atoms with E-state index in [0.717, 1.165) is 24.2 Å². The molecule has 2 aromatic rings. The monoisotopic (exact) mass is 314 g/mol. The Bertz CT molecular complexity index is 636. The van der Waals surface area contributed by atoms with Gasteiger partial charge in [0.1, 0.15) is 5.82 Å². The third-order valence-electron chi connectivity index (χ3n) is 3.95. The lowest BCUT2D eigenvalue weighted by Crippen LogP contribution is -2.21. The van der Waals surface area contributed by atoms with E-state index in [1.807, 2.05) is 44.2 Å². The Labute approximate surface area is 136 Å². The maximum absolute atomic E-state index is 13.6. The molecule has 0 saturated heterocycles. The van der Waals surface area contributed by atoms with E-state index in [9.17, 15) is 9.18 Å². The van der Waals surface area contributed by atoms with Gasteiger partial charge in [-0.1, -0.05) is 32.0 Å². The van der Waals surface area contributed by atoms with Gasteiger partial charge in [0, 0.05) is 29.4 Å². The van der Waals surface area contributed by atoms with Gasteiger partial charge in [0.05, 0.1) is 0 Å². The quantitative estimate of drug-likeness (QED) is 0.770. The van der Waals surface area contributed by atoms with Crippen LogP contribution in [0.25, 0.3) is 0 Å². The summed E-state index contributed by atoms with van der Waals surface area (Å²) in [5, 5.41) is 6.10. The van der Waals surface area contributed by atoms with Crippen molar-refractivity contribution in [2.24, 2.45) is 5.92 Å². The highest BCUT2D eigenvalue weighted by Gasteiger charge is 2.13. The van der Waals surface area contributed by atoms with E-state index in [1.165, 1.54) is 6.07 Å². The molecule has 0 saturated carbocycles. The van der Waals surface area contributed by atoms with E-state index in [0.29, 0.717) is 12.1 Å². The number of halogens is 1. The fraction of sp³-hybridized carbons (Fsp3) is 0.316. The summed E-state index contributed by atoms with van der Waals surface area (Å²) in [6.07, 6.45) is 1.68. The number of rotatable bonds is 7. The van der Waals surface area contributed by atoms with Crippen LogP contribution in [-0.2, 0) is 11.3 Å². The molecule has 0 bridgehead atoms. The van der Waals surface area contributed by atoms with E-state index >= 15 is 0 Å². The predicted molar refractivity (Wildman–Crippen MR) is 92.9 cm³/mol. The fourth-order valence-electron chi connectivity index (χ4n) is 2.41. The van der Waals surface area contributed by atoms with Crippen molar-refractivity contribution in [2.75, 3.05) is 10.6 Å². The third kappa shape index (κ3) is 4.81. The van der Waals surface area contributed by atoms with Crippen molar-refractivity contribution in [3.8, 4) is 0 Å². The van der Waals surface area contributed by atoms with Gasteiger partial charge >= 0.3 is 0 Å². The minimum atomic E-state index is -0.214. The molecule has 2 rings (SSSR count). The molecule has 0 spiro atoms. The highest BCUT2D eigenvalue weighted by atomic mass is 19.1. The molecule has 122 valence electrons. The van der Waals surface area contributed by atoms with E-state index in [4.69, 9.17) is 0 Å². The molecule has 0 heterocycles. The van der Waals surface area contributed by atoms with E-state index in [2.05, 4.69) is 10.6 Å². The molecule has 0 fully saturated rings. The summed E-state index contributed by atoms with van der Waals surface area (Å²) in [6, 6.07) is 14.2. The van der Waals surface area contributed by atoms with Crippen molar-refractivity contribution >= 4 is 17.3 Å². The van der Waals surface area contributed by atoms with Gasteiger partial charge in [0.25, 0.3) is 0 Å².